The lowest BCUT2D eigenvalue weighted by Crippen LogP contribution is -2.68. The summed E-state index contributed by atoms with van der Waals surface area (Å²) in [6.45, 7) is 8.63. The Morgan fingerprint density at radius 3 is 2.58 bits per heavy atom. The molecule has 0 bridgehead atoms. The third kappa shape index (κ3) is 9.80. The maximum absolute atomic E-state index is 15.0. The first-order valence-corrected chi connectivity index (χ1v) is 24.3. The van der Waals surface area contributed by atoms with Gasteiger partial charge < -0.3 is 34.5 Å². The number of morpholine rings is 1. The lowest BCUT2D eigenvalue weighted by Gasteiger charge is -2.38. The molecule has 5 atom stereocenters. The quantitative estimate of drug-likeness (QED) is 0.225. The Bertz CT molecular complexity index is 2450. The molecule has 1 spiro atoms. The van der Waals surface area contributed by atoms with Gasteiger partial charge in [-0.3, -0.25) is 19.3 Å². The molecule has 1 aromatic heterocycles. The van der Waals surface area contributed by atoms with Gasteiger partial charge in [0.25, 0.3) is 5.91 Å². The fourth-order valence-electron chi connectivity index (χ4n) is 9.14. The number of allylic oxidation sites excluding steroid dienone is 1. The molecule has 2 saturated heterocycles. The number of aromatic nitrogens is 1. The van der Waals surface area contributed by atoms with Crippen molar-refractivity contribution in [2.45, 2.75) is 119 Å². The van der Waals surface area contributed by atoms with Gasteiger partial charge in [-0.15, -0.1) is 0 Å². The number of carbonyl (C=O) groups excluding carboxylic acids is 4. The molecule has 2 aliphatic carbocycles. The van der Waals surface area contributed by atoms with Gasteiger partial charge in [0.15, 0.2) is 17.0 Å². The minimum Gasteiger partial charge on any atom is -0.492 e. The number of fused-ring (bicyclic) bond motifs is 5. The molecule has 3 N–H and O–H groups in total. The van der Waals surface area contributed by atoms with Crippen LogP contribution in [0.5, 0.6) is 11.5 Å². The molecule has 6 aliphatic rings. The van der Waals surface area contributed by atoms with E-state index in [4.69, 9.17) is 18.9 Å². The van der Waals surface area contributed by atoms with E-state index in [0.29, 0.717) is 76.0 Å². The number of benzene rings is 1. The zero-order chi connectivity index (χ0) is 47.1. The van der Waals surface area contributed by atoms with Crippen LogP contribution in [0.15, 0.2) is 30.4 Å². The molecule has 2 aromatic rings. The van der Waals surface area contributed by atoms with Crippen LogP contribution in [0.3, 0.4) is 0 Å². The highest BCUT2D eigenvalue weighted by Crippen LogP contribution is 2.49. The molecule has 4 aliphatic heterocycles. The number of ether oxygens (including phenoxy) is 4. The number of halogens is 3. The van der Waals surface area contributed by atoms with Crippen molar-refractivity contribution in [2.24, 2.45) is 11.8 Å². The topological polar surface area (TPSA) is 195 Å². The lowest BCUT2D eigenvalue weighted by atomic mass is 9.75. The number of hydrogen-bond donors (Lipinski definition) is 3. The fraction of sp³-hybridized carbons (Fsp3) is 0.630. The molecule has 4 amide bonds. The first-order valence-electron chi connectivity index (χ1n) is 22.8. The first kappa shape index (κ1) is 47.4. The second-order valence-corrected chi connectivity index (χ2v) is 21.1. The third-order valence-corrected chi connectivity index (χ3v) is 15.6. The third-order valence-electron chi connectivity index (χ3n) is 13.4. The average molecular weight is 943 g/mol. The van der Waals surface area contributed by atoms with Crippen LogP contribution in [0, 0.1) is 23.7 Å². The first-order chi connectivity index (χ1) is 31.3. The molecule has 66 heavy (non-hydrogen) atoms. The second-order valence-electron chi connectivity index (χ2n) is 18.9. The summed E-state index contributed by atoms with van der Waals surface area (Å²) in [5.41, 5.74) is -4.59. The summed E-state index contributed by atoms with van der Waals surface area (Å²) in [7, 11) is -4.19. The van der Waals surface area contributed by atoms with E-state index in [1.54, 1.807) is 24.3 Å². The molecular weight excluding hydrogens is 886 g/mol. The van der Waals surface area contributed by atoms with Gasteiger partial charge in [0.2, 0.25) is 21.8 Å². The van der Waals surface area contributed by atoms with E-state index in [9.17, 15) is 27.6 Å². The predicted octanol–water partition coefficient (Wildman–Crippen LogP) is 4.39. The summed E-state index contributed by atoms with van der Waals surface area (Å²) in [6.07, 6.45) is 0.535. The van der Waals surface area contributed by atoms with Gasteiger partial charge in [0.1, 0.15) is 30.0 Å². The number of pyridine rings is 1. The van der Waals surface area contributed by atoms with Crippen molar-refractivity contribution in [3.63, 3.8) is 0 Å². The van der Waals surface area contributed by atoms with Crippen molar-refractivity contribution in [1.29, 1.82) is 0 Å². The van der Waals surface area contributed by atoms with Gasteiger partial charge >= 0.3 is 12.3 Å². The Kier molecular flexibility index (Phi) is 13.3. The van der Waals surface area contributed by atoms with Gasteiger partial charge in [-0.2, -0.15) is 13.2 Å². The van der Waals surface area contributed by atoms with E-state index in [0.717, 1.165) is 13.1 Å². The molecule has 0 radical (unpaired) electrons. The normalized spacial score (nSPS) is 28.2. The molecule has 20 heteroatoms. The number of nitrogens with one attached hydrogen (secondary N) is 3. The van der Waals surface area contributed by atoms with Gasteiger partial charge in [0.05, 0.1) is 42.5 Å². The number of aryl methyl sites for hydroxylation is 1. The standard InChI is InChI=1S/C46H57F3N6O10S/c1-29(2)27-64-42(59)51-35-10-8-6-4-5-7-9-30-13-16-45(30,41(58)53-66(60,61)43(3)17-18-43)52-39(56)36-26-44(28-55(36)40(35)57)15-14-32-33-25-31(63-24-21-54-19-22-62-23-20-54)11-12-34(33)50-38(37(32)65-44)46(47,48)49/h7,9,11-12,25,29-30,35-36H,4-6,8,10,14-15,17-24,26-28H2,1-3H3,(H,51,59)(H,52,56)(H,53,58)/b9-7-/t30-,35+,36+,44-,45-/m1/s1. The summed E-state index contributed by atoms with van der Waals surface area (Å²) < 4.78 is 96.0. The largest absolute Gasteiger partial charge is 0.492 e. The van der Waals surface area contributed by atoms with Crippen LogP contribution in [-0.4, -0.2) is 128 Å². The van der Waals surface area contributed by atoms with Crippen LogP contribution < -0.4 is 24.8 Å². The van der Waals surface area contributed by atoms with E-state index < -0.39 is 85.3 Å². The number of rotatable bonds is 10. The van der Waals surface area contributed by atoms with Gasteiger partial charge in [-0.1, -0.05) is 50.7 Å². The van der Waals surface area contributed by atoms with E-state index >= 15 is 13.2 Å². The smallest absolute Gasteiger partial charge is 0.437 e. The van der Waals surface area contributed by atoms with Crippen molar-refractivity contribution >= 4 is 44.7 Å². The van der Waals surface area contributed by atoms with E-state index in [1.807, 2.05) is 13.8 Å². The lowest BCUT2D eigenvalue weighted by molar-refractivity contribution is -0.144. The van der Waals surface area contributed by atoms with Crippen molar-refractivity contribution in [3.8, 4) is 23.3 Å². The maximum atomic E-state index is 15.0. The molecule has 358 valence electrons. The molecule has 1 aromatic carbocycles. The van der Waals surface area contributed by atoms with Crippen molar-refractivity contribution in [3.05, 3.63) is 41.6 Å². The van der Waals surface area contributed by atoms with Gasteiger partial charge in [-0.05, 0) is 76.0 Å². The summed E-state index contributed by atoms with van der Waals surface area (Å²) >= 11 is 0. The van der Waals surface area contributed by atoms with Crippen LogP contribution in [-0.2, 0) is 46.5 Å². The van der Waals surface area contributed by atoms with E-state index in [1.165, 1.54) is 17.9 Å². The average Bonchev–Trinajstić information content (AvgIpc) is 3.93. The molecule has 16 nitrogen and oxygen atoms in total. The Morgan fingerprint density at radius 2 is 1.88 bits per heavy atom. The number of alkyl carbamates (subject to hydrolysis) is 1. The second kappa shape index (κ2) is 18.5. The van der Waals surface area contributed by atoms with Crippen molar-refractivity contribution in [1.82, 2.24) is 30.1 Å². The van der Waals surface area contributed by atoms with Crippen LogP contribution in [0.1, 0.15) is 89.8 Å². The summed E-state index contributed by atoms with van der Waals surface area (Å²) in [5, 5.41) is 5.76. The van der Waals surface area contributed by atoms with Gasteiger partial charge in [0, 0.05) is 37.0 Å². The van der Waals surface area contributed by atoms with Crippen LogP contribution >= 0.6 is 0 Å². The van der Waals surface area contributed by atoms with Crippen molar-refractivity contribution in [2.75, 3.05) is 52.6 Å². The maximum Gasteiger partial charge on any atom is 0.437 e. The molecule has 8 rings (SSSR count). The number of amides is 4. The zero-order valence-electron chi connectivity index (χ0n) is 37.4. The highest BCUT2D eigenvalue weighted by molar-refractivity contribution is 7.91. The number of hydrogen-bond acceptors (Lipinski definition) is 12. The molecule has 5 heterocycles. The summed E-state index contributed by atoms with van der Waals surface area (Å²) in [5.74, 6) is 1.85. The van der Waals surface area contributed by atoms with Crippen LogP contribution in [0.25, 0.3) is 10.9 Å². The predicted molar refractivity (Wildman–Crippen MR) is 233 cm³/mol. The minimum absolute atomic E-state index is 0.0111. The number of nitrogens with zero attached hydrogens (tertiary/aromatic N) is 3. The monoisotopic (exact) mass is 942 g/mol. The van der Waals surface area contributed by atoms with Crippen LogP contribution in [0.4, 0.5) is 18.0 Å². The fourth-order valence-corrected chi connectivity index (χ4v) is 10.4. The SMILES string of the molecule is CC(C)COC(=O)N[C@H]1CCCCC/C=C\[C@@H]2C#C[C@@]2(C(=O)NS(=O)(=O)C2(C)CC2)NC(=O)[C@@H]2C[C@]3(CCc4c(c(C(F)(F)F)nc5ccc(OCCN6CCOCC6)cc45)O3)CN2C1=O. The minimum atomic E-state index is -4.96. The Hall–Kier alpha value is -5.13. The summed E-state index contributed by atoms with van der Waals surface area (Å²) in [4.78, 5) is 64.4. The van der Waals surface area contributed by atoms with E-state index in [-0.39, 0.29) is 55.8 Å². The van der Waals surface area contributed by atoms with Crippen molar-refractivity contribution < 1.29 is 59.7 Å². The van der Waals surface area contributed by atoms with Gasteiger partial charge in [-0.25, -0.2) is 22.9 Å². The zero-order valence-corrected chi connectivity index (χ0v) is 38.2. The summed E-state index contributed by atoms with van der Waals surface area (Å²) in [6, 6.07) is 2.02. The Balaban J connectivity index is 1.14. The number of carbonyl (C=O) groups is 4. The molecule has 1 saturated carbocycles. The highest BCUT2D eigenvalue weighted by atomic mass is 32.2. The molecule has 3 fully saturated rings. The molecule has 0 unspecified atom stereocenters. The number of sulfonamides is 1. The molecular formula is C46H57F3N6O10S. The Labute approximate surface area is 382 Å². The van der Waals surface area contributed by atoms with Crippen LogP contribution in [0.2, 0.25) is 0 Å². The Morgan fingerprint density at radius 1 is 1.11 bits per heavy atom. The number of alkyl halides is 3. The van der Waals surface area contributed by atoms with E-state index in [2.05, 4.69) is 37.1 Å². The highest BCUT2D eigenvalue weighted by Gasteiger charge is 2.59.